The SMILES string of the molecule is NCc1ccnnc1Oc1cc(F)c(Cl)cc1Br. The van der Waals surface area contributed by atoms with E-state index in [1.165, 1.54) is 18.3 Å². The Kier molecular flexibility index (Phi) is 4.11. The summed E-state index contributed by atoms with van der Waals surface area (Å²) < 4.78 is 19.3. The molecule has 0 aliphatic heterocycles. The van der Waals surface area contributed by atoms with E-state index in [2.05, 4.69) is 26.1 Å². The Labute approximate surface area is 116 Å². The molecule has 0 unspecified atom stereocenters. The molecule has 18 heavy (non-hydrogen) atoms. The lowest BCUT2D eigenvalue weighted by molar-refractivity contribution is 0.441. The Morgan fingerprint density at radius 2 is 2.22 bits per heavy atom. The van der Waals surface area contributed by atoms with Crippen molar-refractivity contribution >= 4 is 27.5 Å². The zero-order valence-corrected chi connectivity index (χ0v) is 11.4. The fourth-order valence-electron chi connectivity index (χ4n) is 1.27. The van der Waals surface area contributed by atoms with Crippen molar-refractivity contribution < 1.29 is 9.13 Å². The summed E-state index contributed by atoms with van der Waals surface area (Å²) in [5.41, 5.74) is 6.22. The molecule has 1 aromatic carbocycles. The van der Waals surface area contributed by atoms with Crippen molar-refractivity contribution in [2.45, 2.75) is 6.54 Å². The van der Waals surface area contributed by atoms with Gasteiger partial charge in [0.25, 0.3) is 0 Å². The number of halogens is 3. The molecule has 0 radical (unpaired) electrons. The van der Waals surface area contributed by atoms with Crippen molar-refractivity contribution in [2.24, 2.45) is 5.73 Å². The van der Waals surface area contributed by atoms with Gasteiger partial charge in [-0.15, -0.1) is 5.10 Å². The summed E-state index contributed by atoms with van der Waals surface area (Å²) in [4.78, 5) is 0. The first kappa shape index (κ1) is 13.2. The van der Waals surface area contributed by atoms with Crippen LogP contribution in [0.3, 0.4) is 0 Å². The molecule has 1 aromatic heterocycles. The van der Waals surface area contributed by atoms with Gasteiger partial charge in [-0.3, -0.25) is 0 Å². The smallest absolute Gasteiger partial charge is 0.243 e. The van der Waals surface area contributed by atoms with Crippen molar-refractivity contribution in [1.82, 2.24) is 10.2 Å². The maximum atomic E-state index is 13.4. The van der Waals surface area contributed by atoms with Gasteiger partial charge in [-0.1, -0.05) is 11.6 Å². The molecule has 0 fully saturated rings. The van der Waals surface area contributed by atoms with Crippen LogP contribution < -0.4 is 10.5 Å². The molecule has 0 spiro atoms. The van der Waals surface area contributed by atoms with Crippen LogP contribution in [-0.2, 0) is 6.54 Å². The summed E-state index contributed by atoms with van der Waals surface area (Å²) in [6.45, 7) is 0.249. The van der Waals surface area contributed by atoms with Crippen LogP contribution in [0.15, 0.2) is 28.9 Å². The van der Waals surface area contributed by atoms with E-state index in [1.807, 2.05) is 0 Å². The quantitative estimate of drug-likeness (QED) is 0.876. The number of ether oxygens (including phenoxy) is 1. The van der Waals surface area contributed by atoms with Gasteiger partial charge in [0.05, 0.1) is 15.7 Å². The van der Waals surface area contributed by atoms with Crippen molar-refractivity contribution in [1.29, 1.82) is 0 Å². The molecule has 0 saturated heterocycles. The van der Waals surface area contributed by atoms with E-state index in [-0.39, 0.29) is 23.2 Å². The van der Waals surface area contributed by atoms with Gasteiger partial charge in [-0.05, 0) is 28.1 Å². The molecular formula is C11H8BrClFN3O. The van der Waals surface area contributed by atoms with Crippen LogP contribution in [0.4, 0.5) is 4.39 Å². The normalized spacial score (nSPS) is 10.4. The van der Waals surface area contributed by atoms with Crippen LogP contribution in [0, 0.1) is 5.82 Å². The fraction of sp³-hybridized carbons (Fsp3) is 0.0909. The third-order valence-electron chi connectivity index (χ3n) is 2.17. The van der Waals surface area contributed by atoms with E-state index in [1.54, 1.807) is 6.07 Å². The Balaban J connectivity index is 2.37. The lowest BCUT2D eigenvalue weighted by Gasteiger charge is -2.09. The summed E-state index contributed by atoms with van der Waals surface area (Å²) in [7, 11) is 0. The molecule has 0 atom stereocenters. The van der Waals surface area contributed by atoms with E-state index in [4.69, 9.17) is 22.1 Å². The van der Waals surface area contributed by atoms with Crippen molar-refractivity contribution in [3.63, 3.8) is 0 Å². The van der Waals surface area contributed by atoms with Gasteiger partial charge >= 0.3 is 0 Å². The first-order valence-electron chi connectivity index (χ1n) is 4.95. The fourth-order valence-corrected chi connectivity index (χ4v) is 1.99. The van der Waals surface area contributed by atoms with E-state index < -0.39 is 5.82 Å². The second kappa shape index (κ2) is 5.60. The number of nitrogens with two attached hydrogens (primary N) is 1. The summed E-state index contributed by atoms with van der Waals surface area (Å²) in [5, 5.41) is 7.51. The molecule has 2 rings (SSSR count). The second-order valence-corrected chi connectivity index (χ2v) is 4.63. The van der Waals surface area contributed by atoms with Gasteiger partial charge < -0.3 is 10.5 Å². The zero-order chi connectivity index (χ0) is 13.1. The molecule has 2 aromatic rings. The highest BCUT2D eigenvalue weighted by molar-refractivity contribution is 9.10. The van der Waals surface area contributed by atoms with Crippen LogP contribution >= 0.6 is 27.5 Å². The van der Waals surface area contributed by atoms with Gasteiger partial charge in [-0.25, -0.2) is 4.39 Å². The molecule has 2 N–H and O–H groups in total. The largest absolute Gasteiger partial charge is 0.436 e. The average molecular weight is 333 g/mol. The van der Waals surface area contributed by atoms with Gasteiger partial charge in [0, 0.05) is 18.2 Å². The lowest BCUT2D eigenvalue weighted by atomic mass is 10.3. The Bertz CT molecular complexity index is 582. The van der Waals surface area contributed by atoms with E-state index in [0.29, 0.717) is 10.0 Å². The van der Waals surface area contributed by atoms with Crippen LogP contribution in [0.25, 0.3) is 0 Å². The zero-order valence-electron chi connectivity index (χ0n) is 9.03. The molecule has 0 amide bonds. The van der Waals surface area contributed by atoms with E-state index in [9.17, 15) is 4.39 Å². The predicted octanol–water partition coefficient (Wildman–Crippen LogP) is 3.28. The average Bonchev–Trinajstić information content (AvgIpc) is 2.36. The molecule has 0 bridgehead atoms. The number of hydrogen-bond acceptors (Lipinski definition) is 4. The Hall–Kier alpha value is -1.24. The first-order chi connectivity index (χ1) is 8.61. The minimum atomic E-state index is -0.576. The molecule has 0 aliphatic carbocycles. The van der Waals surface area contributed by atoms with Crippen LogP contribution in [-0.4, -0.2) is 10.2 Å². The summed E-state index contributed by atoms with van der Waals surface area (Å²) in [6.07, 6.45) is 1.51. The second-order valence-electron chi connectivity index (χ2n) is 3.36. The number of hydrogen-bond donors (Lipinski definition) is 1. The van der Waals surface area contributed by atoms with Gasteiger partial charge in [-0.2, -0.15) is 5.10 Å². The summed E-state index contributed by atoms with van der Waals surface area (Å²) >= 11 is 8.87. The monoisotopic (exact) mass is 331 g/mol. The molecule has 0 aliphatic rings. The molecule has 1 heterocycles. The number of aromatic nitrogens is 2. The topological polar surface area (TPSA) is 61.0 Å². The highest BCUT2D eigenvalue weighted by atomic mass is 79.9. The van der Waals surface area contributed by atoms with Crippen molar-refractivity contribution in [3.8, 4) is 11.6 Å². The lowest BCUT2D eigenvalue weighted by Crippen LogP contribution is -2.02. The van der Waals surface area contributed by atoms with Crippen molar-refractivity contribution in [3.05, 3.63) is 45.3 Å². The maximum Gasteiger partial charge on any atom is 0.243 e. The molecular weight excluding hydrogens is 324 g/mol. The highest BCUT2D eigenvalue weighted by Crippen LogP contribution is 2.33. The first-order valence-corrected chi connectivity index (χ1v) is 6.12. The molecule has 94 valence electrons. The maximum absolute atomic E-state index is 13.4. The van der Waals surface area contributed by atoms with Crippen LogP contribution in [0.2, 0.25) is 5.02 Å². The number of rotatable bonds is 3. The highest BCUT2D eigenvalue weighted by Gasteiger charge is 2.11. The Morgan fingerprint density at radius 1 is 1.44 bits per heavy atom. The number of benzene rings is 1. The van der Waals surface area contributed by atoms with E-state index in [0.717, 1.165) is 0 Å². The number of nitrogens with zero attached hydrogens (tertiary/aromatic N) is 2. The third kappa shape index (κ3) is 2.77. The standard InChI is InChI=1S/C11H8BrClFN3O/c12-7-3-8(13)9(14)4-10(7)18-11-6(5-15)1-2-16-17-11/h1-4H,5,15H2. The summed E-state index contributed by atoms with van der Waals surface area (Å²) in [5.74, 6) is -0.0809. The third-order valence-corrected chi connectivity index (χ3v) is 3.08. The summed E-state index contributed by atoms with van der Waals surface area (Å²) in [6, 6.07) is 4.26. The van der Waals surface area contributed by atoms with Crippen molar-refractivity contribution in [2.75, 3.05) is 0 Å². The minimum absolute atomic E-state index is 0.00687. The van der Waals surface area contributed by atoms with Crippen LogP contribution in [0.5, 0.6) is 11.6 Å². The van der Waals surface area contributed by atoms with Crippen LogP contribution in [0.1, 0.15) is 5.56 Å². The Morgan fingerprint density at radius 3 is 2.94 bits per heavy atom. The van der Waals surface area contributed by atoms with Gasteiger partial charge in [0.2, 0.25) is 5.88 Å². The van der Waals surface area contributed by atoms with E-state index >= 15 is 0 Å². The predicted molar refractivity (Wildman–Crippen MR) is 69.1 cm³/mol. The van der Waals surface area contributed by atoms with Gasteiger partial charge in [0.1, 0.15) is 11.6 Å². The minimum Gasteiger partial charge on any atom is -0.436 e. The molecule has 7 heteroatoms. The van der Waals surface area contributed by atoms with Gasteiger partial charge in [0.15, 0.2) is 0 Å². The molecule has 4 nitrogen and oxygen atoms in total. The molecule has 0 saturated carbocycles.